The number of amides is 1. The monoisotopic (exact) mass is 356 g/mol. The van der Waals surface area contributed by atoms with Gasteiger partial charge in [-0.3, -0.25) is 4.79 Å². The summed E-state index contributed by atoms with van der Waals surface area (Å²) in [7, 11) is 1.60. The maximum absolute atomic E-state index is 12.7. The molecule has 5 nitrogen and oxygen atoms in total. The Labute approximate surface area is 151 Å². The molecule has 0 atom stereocenters. The van der Waals surface area contributed by atoms with Crippen LogP contribution in [0.2, 0.25) is 0 Å². The van der Waals surface area contributed by atoms with E-state index in [0.29, 0.717) is 11.3 Å². The van der Waals surface area contributed by atoms with Crippen molar-refractivity contribution >= 4 is 29.3 Å². The van der Waals surface area contributed by atoms with Crippen molar-refractivity contribution in [3.05, 3.63) is 48.2 Å². The number of carbonyl (C=O) groups is 2. The van der Waals surface area contributed by atoms with Crippen LogP contribution in [-0.2, 0) is 9.53 Å². The smallest absolute Gasteiger partial charge is 0.341 e. The summed E-state index contributed by atoms with van der Waals surface area (Å²) < 4.78 is 7.37. The Kier molecular flexibility index (Phi) is 4.99. The Morgan fingerprint density at radius 3 is 2.64 bits per heavy atom. The number of nitrogens with zero attached hydrogens (tertiary/aromatic N) is 1. The predicted octanol–water partition coefficient (Wildman–Crippen LogP) is 3.41. The van der Waals surface area contributed by atoms with Crippen LogP contribution in [0.3, 0.4) is 0 Å². The second-order valence-corrected chi connectivity index (χ2v) is 6.92. The van der Waals surface area contributed by atoms with E-state index in [1.165, 1.54) is 11.8 Å². The molecule has 2 aromatic rings. The fourth-order valence-electron chi connectivity index (χ4n) is 2.70. The van der Waals surface area contributed by atoms with E-state index in [4.69, 9.17) is 4.74 Å². The molecule has 0 unspecified atom stereocenters. The van der Waals surface area contributed by atoms with Crippen molar-refractivity contribution in [1.82, 2.24) is 9.88 Å². The molecular weight excluding hydrogens is 336 g/mol. The highest BCUT2D eigenvalue weighted by Crippen LogP contribution is 2.42. The number of nitrogens with one attached hydrogen (secondary N) is 1. The Morgan fingerprint density at radius 2 is 2.00 bits per heavy atom. The largest absolute Gasteiger partial charge is 0.459 e. The minimum Gasteiger partial charge on any atom is -0.459 e. The molecule has 1 aromatic heterocycles. The Balaban J connectivity index is 2.13. The van der Waals surface area contributed by atoms with E-state index < -0.39 is 0 Å². The number of aromatic nitrogens is 1. The van der Waals surface area contributed by atoms with E-state index in [1.807, 2.05) is 54.9 Å². The van der Waals surface area contributed by atoms with E-state index in [9.17, 15) is 9.59 Å². The van der Waals surface area contributed by atoms with E-state index in [0.717, 1.165) is 21.8 Å². The molecule has 25 heavy (non-hydrogen) atoms. The van der Waals surface area contributed by atoms with E-state index in [-0.39, 0.29) is 18.0 Å². The highest BCUT2D eigenvalue weighted by Gasteiger charge is 2.30. The Hall–Kier alpha value is -2.47. The number of fused-ring (bicyclic) bond motifs is 1. The maximum Gasteiger partial charge on any atom is 0.341 e. The zero-order chi connectivity index (χ0) is 18.0. The van der Waals surface area contributed by atoms with Gasteiger partial charge >= 0.3 is 5.97 Å². The van der Waals surface area contributed by atoms with Gasteiger partial charge in [0.25, 0.3) is 0 Å². The minimum absolute atomic E-state index is 0.162. The SMILES string of the molecule is CNC(=O)C=C1CSc2c(C(=O)OC(C)C)c(-c3ccccc3)cn21. The molecule has 0 fully saturated rings. The van der Waals surface area contributed by atoms with Crippen LogP contribution in [0.5, 0.6) is 0 Å². The summed E-state index contributed by atoms with van der Waals surface area (Å²) in [5.74, 6) is 0.140. The van der Waals surface area contributed by atoms with Crippen molar-refractivity contribution in [3.63, 3.8) is 0 Å². The fraction of sp³-hybridized carbons (Fsp3) is 0.263. The summed E-state index contributed by atoms with van der Waals surface area (Å²) in [4.78, 5) is 24.4. The van der Waals surface area contributed by atoms with Crippen LogP contribution in [0.25, 0.3) is 16.8 Å². The van der Waals surface area contributed by atoms with Gasteiger partial charge in [-0.1, -0.05) is 30.3 Å². The van der Waals surface area contributed by atoms with Crippen molar-refractivity contribution in [2.75, 3.05) is 12.8 Å². The molecular formula is C19H20N2O3S. The molecule has 1 aliphatic rings. The highest BCUT2D eigenvalue weighted by molar-refractivity contribution is 8.00. The molecule has 0 aliphatic carbocycles. The maximum atomic E-state index is 12.7. The first kappa shape index (κ1) is 17.4. The lowest BCUT2D eigenvalue weighted by Crippen LogP contribution is -2.15. The topological polar surface area (TPSA) is 60.3 Å². The van der Waals surface area contributed by atoms with Gasteiger partial charge in [-0.15, -0.1) is 11.8 Å². The van der Waals surface area contributed by atoms with Gasteiger partial charge in [-0.25, -0.2) is 4.79 Å². The zero-order valence-corrected chi connectivity index (χ0v) is 15.2. The standard InChI is InChI=1S/C19H20N2O3S/c1-12(2)24-19(23)17-15(13-7-5-4-6-8-13)10-21-14(9-16(22)20-3)11-25-18(17)21/h4-10,12H,11H2,1-3H3,(H,20,22). The third-order valence-electron chi connectivity index (χ3n) is 3.80. The van der Waals surface area contributed by atoms with E-state index >= 15 is 0 Å². The normalized spacial score (nSPS) is 14.6. The summed E-state index contributed by atoms with van der Waals surface area (Å²) in [6.07, 6.45) is 3.28. The van der Waals surface area contributed by atoms with Crippen LogP contribution in [0, 0.1) is 0 Å². The number of hydrogen-bond acceptors (Lipinski definition) is 4. The number of rotatable bonds is 4. The molecule has 6 heteroatoms. The number of thioether (sulfide) groups is 1. The predicted molar refractivity (Wildman–Crippen MR) is 99.5 cm³/mol. The quantitative estimate of drug-likeness (QED) is 0.674. The van der Waals surface area contributed by atoms with Crippen LogP contribution in [-0.4, -0.2) is 35.3 Å². The number of esters is 1. The van der Waals surface area contributed by atoms with Gasteiger partial charge in [0.15, 0.2) is 0 Å². The molecule has 130 valence electrons. The molecule has 2 heterocycles. The average Bonchev–Trinajstić information content (AvgIpc) is 3.14. The molecule has 0 bridgehead atoms. The van der Waals surface area contributed by atoms with Gasteiger partial charge in [0.2, 0.25) is 5.91 Å². The third-order valence-corrected chi connectivity index (χ3v) is 4.92. The third kappa shape index (κ3) is 3.49. The number of benzene rings is 1. The van der Waals surface area contributed by atoms with Gasteiger partial charge in [0.1, 0.15) is 0 Å². The molecule has 1 amide bonds. The van der Waals surface area contributed by atoms with Gasteiger partial charge in [0, 0.05) is 36.3 Å². The van der Waals surface area contributed by atoms with Crippen molar-refractivity contribution in [3.8, 4) is 11.1 Å². The second kappa shape index (κ2) is 7.19. The molecule has 1 aliphatic heterocycles. The van der Waals surface area contributed by atoms with Crippen LogP contribution >= 0.6 is 11.8 Å². The Bertz CT molecular complexity index is 838. The molecule has 0 saturated carbocycles. The summed E-state index contributed by atoms with van der Waals surface area (Å²) in [6, 6.07) is 9.73. The van der Waals surface area contributed by atoms with Crippen LogP contribution in [0.1, 0.15) is 24.2 Å². The first-order chi connectivity index (χ1) is 12.0. The summed E-state index contributed by atoms with van der Waals surface area (Å²) in [5, 5.41) is 3.41. The zero-order valence-electron chi connectivity index (χ0n) is 14.4. The lowest BCUT2D eigenvalue weighted by Gasteiger charge is -2.10. The van der Waals surface area contributed by atoms with E-state index in [1.54, 1.807) is 13.1 Å². The van der Waals surface area contributed by atoms with Gasteiger partial charge in [-0.05, 0) is 19.4 Å². The van der Waals surface area contributed by atoms with Gasteiger partial charge in [0.05, 0.1) is 16.7 Å². The molecule has 1 N–H and O–H groups in total. The number of hydrogen-bond donors (Lipinski definition) is 1. The van der Waals surface area contributed by atoms with Gasteiger partial charge < -0.3 is 14.6 Å². The Morgan fingerprint density at radius 1 is 1.28 bits per heavy atom. The molecule has 3 rings (SSSR count). The average molecular weight is 356 g/mol. The molecule has 0 radical (unpaired) electrons. The van der Waals surface area contributed by atoms with Gasteiger partial charge in [-0.2, -0.15) is 0 Å². The summed E-state index contributed by atoms with van der Waals surface area (Å²) in [5.41, 5.74) is 3.17. The molecule has 0 spiro atoms. The minimum atomic E-state index is -0.337. The lowest BCUT2D eigenvalue weighted by molar-refractivity contribution is -0.116. The molecule has 1 aromatic carbocycles. The van der Waals surface area contributed by atoms with Crippen LogP contribution in [0.4, 0.5) is 0 Å². The van der Waals surface area contributed by atoms with Crippen molar-refractivity contribution < 1.29 is 14.3 Å². The van der Waals surface area contributed by atoms with Crippen molar-refractivity contribution in [2.45, 2.75) is 25.0 Å². The van der Waals surface area contributed by atoms with E-state index in [2.05, 4.69) is 5.32 Å². The second-order valence-electron chi connectivity index (χ2n) is 5.95. The first-order valence-electron chi connectivity index (χ1n) is 8.08. The van der Waals surface area contributed by atoms with Crippen molar-refractivity contribution in [2.24, 2.45) is 0 Å². The number of carbonyl (C=O) groups excluding carboxylic acids is 2. The van der Waals surface area contributed by atoms with Crippen molar-refractivity contribution in [1.29, 1.82) is 0 Å². The summed E-state index contributed by atoms with van der Waals surface area (Å²) >= 11 is 1.54. The molecule has 0 saturated heterocycles. The number of likely N-dealkylation sites (N-methyl/N-ethyl adjacent to an activating group) is 1. The first-order valence-corrected chi connectivity index (χ1v) is 9.07. The fourth-order valence-corrected chi connectivity index (χ4v) is 3.85. The highest BCUT2D eigenvalue weighted by atomic mass is 32.2. The van der Waals surface area contributed by atoms with Crippen LogP contribution < -0.4 is 5.32 Å². The lowest BCUT2D eigenvalue weighted by atomic mass is 10.1. The van der Waals surface area contributed by atoms with Crippen LogP contribution in [0.15, 0.2) is 47.6 Å². The summed E-state index contributed by atoms with van der Waals surface area (Å²) in [6.45, 7) is 3.67. The number of ether oxygens (including phenoxy) is 1.